The van der Waals surface area contributed by atoms with Crippen LogP contribution in [-0.4, -0.2) is 24.7 Å². The van der Waals surface area contributed by atoms with Crippen molar-refractivity contribution in [1.29, 1.82) is 0 Å². The summed E-state index contributed by atoms with van der Waals surface area (Å²) < 4.78 is 11.1. The smallest absolute Gasteiger partial charge is 0.338 e. The molecule has 1 aliphatic rings. The molecule has 0 saturated heterocycles. The number of aromatic nitrogens is 1. The number of methoxy groups -OCH3 is 1. The second-order valence-corrected chi connectivity index (χ2v) is 6.22. The minimum absolute atomic E-state index is 0.124. The van der Waals surface area contributed by atoms with E-state index in [0.717, 1.165) is 28.8 Å². The second-order valence-electron chi connectivity index (χ2n) is 6.22. The van der Waals surface area contributed by atoms with Gasteiger partial charge in [0.05, 0.1) is 18.4 Å². The Hall–Kier alpha value is -2.46. The number of fused-ring (bicyclic) bond motifs is 1. The zero-order valence-corrected chi connectivity index (χ0v) is 14.9. The van der Waals surface area contributed by atoms with Crippen LogP contribution in [0.4, 0.5) is 0 Å². The Bertz CT molecular complexity index is 811. The van der Waals surface area contributed by atoms with Crippen molar-refractivity contribution in [2.45, 2.75) is 32.8 Å². The van der Waals surface area contributed by atoms with Gasteiger partial charge in [0, 0.05) is 12.8 Å². The average molecular weight is 337 g/mol. The Morgan fingerprint density at radius 1 is 1.28 bits per heavy atom. The fourth-order valence-corrected chi connectivity index (χ4v) is 3.23. The Labute approximate surface area is 148 Å². The van der Waals surface area contributed by atoms with Gasteiger partial charge in [-0.15, -0.1) is 0 Å². The summed E-state index contributed by atoms with van der Waals surface area (Å²) >= 11 is 0. The summed E-state index contributed by atoms with van der Waals surface area (Å²) in [6, 6.07) is 9.99. The number of rotatable bonds is 6. The quantitative estimate of drug-likeness (QED) is 0.738. The van der Waals surface area contributed by atoms with Gasteiger partial charge in [-0.25, -0.2) is 4.79 Å². The van der Waals surface area contributed by atoms with Crippen LogP contribution in [0.15, 0.2) is 42.1 Å². The fraction of sp³-hybridized carbons (Fsp3) is 0.333. The zero-order chi connectivity index (χ0) is 17.8. The monoisotopic (exact) mass is 337 g/mol. The van der Waals surface area contributed by atoms with E-state index < -0.39 is 0 Å². The minimum Gasteiger partial charge on any atom is -0.465 e. The highest BCUT2D eigenvalue weighted by molar-refractivity contribution is 5.92. The molecule has 0 bridgehead atoms. The molecule has 1 unspecified atom stereocenters. The van der Waals surface area contributed by atoms with Gasteiger partial charge >= 0.3 is 5.97 Å². The van der Waals surface area contributed by atoms with Crippen molar-refractivity contribution in [2.24, 2.45) is 0 Å². The van der Waals surface area contributed by atoms with Gasteiger partial charge in [0.1, 0.15) is 6.10 Å². The number of pyridine rings is 1. The summed E-state index contributed by atoms with van der Waals surface area (Å²) in [5.41, 5.74) is 5.82. The number of carbonyl (C=O) groups is 1. The normalized spacial score (nSPS) is 14.0. The van der Waals surface area contributed by atoms with E-state index in [1.807, 2.05) is 12.1 Å². The number of benzene rings is 1. The molecule has 4 heteroatoms. The largest absolute Gasteiger partial charge is 0.465 e. The zero-order valence-electron chi connectivity index (χ0n) is 14.9. The Morgan fingerprint density at radius 3 is 2.80 bits per heavy atom. The van der Waals surface area contributed by atoms with Crippen LogP contribution in [0.5, 0.6) is 0 Å². The maximum absolute atomic E-state index is 12.0. The lowest BCUT2D eigenvalue weighted by atomic mass is 9.95. The van der Waals surface area contributed by atoms with Crippen LogP contribution in [-0.2, 0) is 15.9 Å². The SMILES string of the molecule is CCCOC(C1=Cc2nccc(C(=O)OC)c2C1)c1ccccc1C. The number of ether oxygens (including phenoxy) is 2. The molecule has 1 heterocycles. The Kier molecular flexibility index (Phi) is 5.29. The number of hydrogen-bond donors (Lipinski definition) is 0. The third kappa shape index (κ3) is 3.49. The third-order valence-corrected chi connectivity index (χ3v) is 4.49. The molecule has 3 rings (SSSR count). The molecule has 0 spiro atoms. The van der Waals surface area contributed by atoms with E-state index in [0.29, 0.717) is 18.6 Å². The van der Waals surface area contributed by atoms with Gasteiger partial charge in [-0.3, -0.25) is 4.98 Å². The van der Waals surface area contributed by atoms with Crippen molar-refractivity contribution < 1.29 is 14.3 Å². The highest BCUT2D eigenvalue weighted by atomic mass is 16.5. The fourth-order valence-electron chi connectivity index (χ4n) is 3.23. The van der Waals surface area contributed by atoms with E-state index in [9.17, 15) is 4.79 Å². The van der Waals surface area contributed by atoms with Crippen LogP contribution in [0.1, 0.15) is 52.2 Å². The first-order valence-corrected chi connectivity index (χ1v) is 8.59. The van der Waals surface area contributed by atoms with Crippen molar-refractivity contribution in [2.75, 3.05) is 13.7 Å². The second kappa shape index (κ2) is 7.62. The first-order chi connectivity index (χ1) is 12.2. The average Bonchev–Trinajstić information content (AvgIpc) is 3.06. The molecule has 1 atom stereocenters. The number of esters is 1. The van der Waals surface area contributed by atoms with E-state index in [-0.39, 0.29) is 12.1 Å². The summed E-state index contributed by atoms with van der Waals surface area (Å²) in [7, 11) is 1.40. The van der Waals surface area contributed by atoms with E-state index in [1.165, 1.54) is 12.7 Å². The van der Waals surface area contributed by atoms with Crippen molar-refractivity contribution >= 4 is 12.0 Å². The number of carbonyl (C=O) groups excluding carboxylic acids is 1. The van der Waals surface area contributed by atoms with Crippen LogP contribution in [0.25, 0.3) is 6.08 Å². The minimum atomic E-state index is -0.324. The number of aryl methyl sites for hydroxylation is 1. The highest BCUT2D eigenvalue weighted by Gasteiger charge is 2.27. The molecule has 1 aromatic carbocycles. The van der Waals surface area contributed by atoms with Gasteiger partial charge in [-0.1, -0.05) is 31.2 Å². The van der Waals surface area contributed by atoms with Crippen molar-refractivity contribution in [3.63, 3.8) is 0 Å². The summed E-state index contributed by atoms with van der Waals surface area (Å²) in [4.78, 5) is 16.5. The van der Waals surface area contributed by atoms with Crippen LogP contribution < -0.4 is 0 Å². The molecule has 4 nitrogen and oxygen atoms in total. The standard InChI is InChI=1S/C21H23NO3/c1-4-11-25-20(16-8-6-5-7-14(16)2)15-12-18-17(21(23)24-3)9-10-22-19(18)13-15/h5-10,13,20H,4,11-12H2,1-3H3. The van der Waals surface area contributed by atoms with E-state index in [2.05, 4.69) is 37.0 Å². The molecule has 0 amide bonds. The summed E-state index contributed by atoms with van der Waals surface area (Å²) in [5.74, 6) is -0.324. The number of nitrogens with zero attached hydrogens (tertiary/aromatic N) is 1. The summed E-state index contributed by atoms with van der Waals surface area (Å²) in [6.45, 7) is 4.88. The highest BCUT2D eigenvalue weighted by Crippen LogP contribution is 2.37. The first-order valence-electron chi connectivity index (χ1n) is 8.59. The van der Waals surface area contributed by atoms with Gasteiger partial charge in [0.15, 0.2) is 0 Å². The Morgan fingerprint density at radius 2 is 2.08 bits per heavy atom. The predicted molar refractivity (Wildman–Crippen MR) is 97.4 cm³/mol. The molecule has 0 aliphatic heterocycles. The molecule has 130 valence electrons. The molecule has 1 aliphatic carbocycles. The molecule has 0 fully saturated rings. The van der Waals surface area contributed by atoms with Crippen LogP contribution in [0.3, 0.4) is 0 Å². The third-order valence-electron chi connectivity index (χ3n) is 4.49. The molecule has 1 aromatic heterocycles. The molecule has 0 saturated carbocycles. The molecule has 0 radical (unpaired) electrons. The maximum atomic E-state index is 12.0. The van der Waals surface area contributed by atoms with Crippen LogP contribution in [0, 0.1) is 6.92 Å². The van der Waals surface area contributed by atoms with Gasteiger partial charge in [-0.05, 0) is 54.2 Å². The topological polar surface area (TPSA) is 48.4 Å². The Balaban J connectivity index is 1.96. The summed E-state index contributed by atoms with van der Waals surface area (Å²) in [5, 5.41) is 0. The van der Waals surface area contributed by atoms with E-state index in [1.54, 1.807) is 12.3 Å². The summed E-state index contributed by atoms with van der Waals surface area (Å²) in [6.07, 6.45) is 5.18. The van der Waals surface area contributed by atoms with E-state index >= 15 is 0 Å². The van der Waals surface area contributed by atoms with Crippen molar-refractivity contribution in [1.82, 2.24) is 4.98 Å². The molecule has 25 heavy (non-hydrogen) atoms. The molecule has 0 N–H and O–H groups in total. The maximum Gasteiger partial charge on any atom is 0.338 e. The molecular weight excluding hydrogens is 314 g/mol. The lowest BCUT2D eigenvalue weighted by Crippen LogP contribution is -2.11. The van der Waals surface area contributed by atoms with Crippen LogP contribution >= 0.6 is 0 Å². The van der Waals surface area contributed by atoms with E-state index in [4.69, 9.17) is 9.47 Å². The lowest BCUT2D eigenvalue weighted by Gasteiger charge is -2.21. The van der Waals surface area contributed by atoms with Gasteiger partial charge in [-0.2, -0.15) is 0 Å². The first kappa shape index (κ1) is 17.4. The van der Waals surface area contributed by atoms with Gasteiger partial charge in [0.25, 0.3) is 0 Å². The lowest BCUT2D eigenvalue weighted by molar-refractivity contribution is 0.0598. The molecular formula is C21H23NO3. The molecule has 2 aromatic rings. The van der Waals surface area contributed by atoms with Crippen molar-refractivity contribution in [3.05, 3.63) is 70.0 Å². The number of hydrogen-bond acceptors (Lipinski definition) is 4. The van der Waals surface area contributed by atoms with Gasteiger partial charge < -0.3 is 9.47 Å². The van der Waals surface area contributed by atoms with Crippen LogP contribution in [0.2, 0.25) is 0 Å². The predicted octanol–water partition coefficient (Wildman–Crippen LogP) is 4.28. The van der Waals surface area contributed by atoms with Gasteiger partial charge in [0.2, 0.25) is 0 Å². The van der Waals surface area contributed by atoms with Crippen molar-refractivity contribution in [3.8, 4) is 0 Å².